The molecule has 0 aliphatic rings. The third-order valence-electron chi connectivity index (χ3n) is 3.45. The van der Waals surface area contributed by atoms with Crippen LogP contribution in [0, 0.1) is 6.92 Å². The first-order valence-electron chi connectivity index (χ1n) is 6.35. The van der Waals surface area contributed by atoms with Crippen LogP contribution in [0.1, 0.15) is 5.56 Å². The van der Waals surface area contributed by atoms with Crippen molar-refractivity contribution in [2.45, 2.75) is 6.92 Å². The Labute approximate surface area is 128 Å². The van der Waals surface area contributed by atoms with E-state index in [4.69, 9.17) is 4.98 Å². The first kappa shape index (κ1) is 12.1. The van der Waals surface area contributed by atoms with E-state index in [2.05, 4.69) is 75.1 Å². The van der Waals surface area contributed by atoms with Gasteiger partial charge in [0.1, 0.15) is 4.60 Å². The van der Waals surface area contributed by atoms with Crippen LogP contribution in [0.15, 0.2) is 52.4 Å². The van der Waals surface area contributed by atoms with E-state index in [1.54, 1.807) is 11.3 Å². The molecule has 2 nitrogen and oxygen atoms in total. The van der Waals surface area contributed by atoms with Gasteiger partial charge in [-0.3, -0.25) is 4.40 Å². The Bertz CT molecular complexity index is 923. The van der Waals surface area contributed by atoms with Crippen LogP contribution in [0.3, 0.4) is 0 Å². The summed E-state index contributed by atoms with van der Waals surface area (Å²) >= 11 is 5.29. The van der Waals surface area contributed by atoms with Gasteiger partial charge in [0, 0.05) is 0 Å². The topological polar surface area (TPSA) is 17.3 Å². The number of nitrogens with zero attached hydrogens (tertiary/aromatic N) is 2. The smallest absolute Gasteiger partial charge is 0.156 e. The van der Waals surface area contributed by atoms with Crippen LogP contribution < -0.4 is 0 Å². The molecule has 20 heavy (non-hydrogen) atoms. The van der Waals surface area contributed by atoms with Crippen LogP contribution in [0.4, 0.5) is 0 Å². The molecule has 0 radical (unpaired) electrons. The Morgan fingerprint density at radius 1 is 1.10 bits per heavy atom. The first-order valence-corrected chi connectivity index (χ1v) is 8.02. The highest BCUT2D eigenvalue weighted by molar-refractivity contribution is 9.10. The highest BCUT2D eigenvalue weighted by Crippen LogP contribution is 2.32. The largest absolute Gasteiger partial charge is 0.290 e. The third kappa shape index (κ3) is 1.72. The Hall–Kier alpha value is -1.65. The lowest BCUT2D eigenvalue weighted by Crippen LogP contribution is -1.91. The van der Waals surface area contributed by atoms with Crippen molar-refractivity contribution in [1.82, 2.24) is 9.38 Å². The van der Waals surface area contributed by atoms with Crippen LogP contribution in [0.5, 0.6) is 0 Å². The molecule has 3 heterocycles. The van der Waals surface area contributed by atoms with Crippen molar-refractivity contribution in [1.29, 1.82) is 0 Å². The average molecular weight is 343 g/mol. The first-order chi connectivity index (χ1) is 9.74. The summed E-state index contributed by atoms with van der Waals surface area (Å²) < 4.78 is 3.12. The Morgan fingerprint density at radius 2 is 1.95 bits per heavy atom. The van der Waals surface area contributed by atoms with Gasteiger partial charge < -0.3 is 0 Å². The van der Waals surface area contributed by atoms with Crippen molar-refractivity contribution in [3.63, 3.8) is 0 Å². The van der Waals surface area contributed by atoms with Gasteiger partial charge in [-0.25, -0.2) is 4.98 Å². The average Bonchev–Trinajstić information content (AvgIpc) is 3.06. The zero-order chi connectivity index (χ0) is 13.7. The summed E-state index contributed by atoms with van der Waals surface area (Å²) in [6.07, 6.45) is 0. The number of pyridine rings is 1. The number of aryl methyl sites for hydroxylation is 1. The fourth-order valence-corrected chi connectivity index (χ4v) is 3.73. The number of imidazole rings is 1. The predicted octanol–water partition coefficient (Wildman–Crippen LogP) is 5.29. The molecule has 0 bridgehead atoms. The SMILES string of the molecule is Cc1ccc2c(ccc3c(Br)nc(-c4cccs4)n32)c1. The van der Waals surface area contributed by atoms with E-state index in [1.165, 1.54) is 21.3 Å². The second-order valence-electron chi connectivity index (χ2n) is 4.82. The lowest BCUT2D eigenvalue weighted by molar-refractivity contribution is 1.22. The summed E-state index contributed by atoms with van der Waals surface area (Å²) in [5.41, 5.74) is 3.56. The quantitative estimate of drug-likeness (QED) is 0.459. The normalized spacial score (nSPS) is 11.5. The van der Waals surface area contributed by atoms with Crippen LogP contribution in [0.25, 0.3) is 27.1 Å². The number of rotatable bonds is 1. The van der Waals surface area contributed by atoms with Gasteiger partial charge >= 0.3 is 0 Å². The molecule has 0 aliphatic heterocycles. The zero-order valence-corrected chi connectivity index (χ0v) is 13.2. The van der Waals surface area contributed by atoms with Gasteiger partial charge in [0.25, 0.3) is 0 Å². The number of benzene rings is 1. The summed E-state index contributed by atoms with van der Waals surface area (Å²) in [7, 11) is 0. The Balaban J connectivity index is 2.20. The highest BCUT2D eigenvalue weighted by Gasteiger charge is 2.14. The molecule has 3 aromatic heterocycles. The molecule has 0 atom stereocenters. The van der Waals surface area contributed by atoms with Crippen molar-refractivity contribution in [3.05, 3.63) is 58.0 Å². The van der Waals surface area contributed by atoms with Crippen LogP contribution in [-0.2, 0) is 0 Å². The molecule has 0 saturated heterocycles. The van der Waals surface area contributed by atoms with Gasteiger partial charge in [-0.1, -0.05) is 23.8 Å². The van der Waals surface area contributed by atoms with E-state index >= 15 is 0 Å². The highest BCUT2D eigenvalue weighted by atomic mass is 79.9. The molecule has 0 spiro atoms. The van der Waals surface area contributed by atoms with Gasteiger partial charge in [-0.15, -0.1) is 11.3 Å². The lowest BCUT2D eigenvalue weighted by Gasteiger charge is -2.06. The molecule has 0 amide bonds. The van der Waals surface area contributed by atoms with Crippen LogP contribution in [0.2, 0.25) is 0 Å². The number of aromatic nitrogens is 2. The molecule has 4 aromatic rings. The maximum Gasteiger partial charge on any atom is 0.156 e. The van der Waals surface area contributed by atoms with E-state index in [0.29, 0.717) is 0 Å². The number of thiophene rings is 1. The molecular weight excluding hydrogens is 332 g/mol. The fourth-order valence-electron chi connectivity index (χ4n) is 2.54. The summed E-state index contributed by atoms with van der Waals surface area (Å²) in [6.45, 7) is 2.12. The molecule has 0 saturated carbocycles. The number of hydrogen-bond donors (Lipinski definition) is 0. The van der Waals surface area contributed by atoms with E-state index in [-0.39, 0.29) is 0 Å². The Kier molecular flexibility index (Phi) is 2.69. The van der Waals surface area contributed by atoms with Crippen molar-refractivity contribution in [3.8, 4) is 10.7 Å². The second kappa shape index (κ2) is 4.43. The second-order valence-corrected chi connectivity index (χ2v) is 6.52. The van der Waals surface area contributed by atoms with Gasteiger partial charge in [-0.05, 0) is 57.9 Å². The van der Waals surface area contributed by atoms with E-state index in [0.717, 1.165) is 15.9 Å². The van der Waals surface area contributed by atoms with Gasteiger partial charge in [0.15, 0.2) is 5.82 Å². The molecule has 0 fully saturated rings. The minimum Gasteiger partial charge on any atom is -0.290 e. The van der Waals surface area contributed by atoms with E-state index in [9.17, 15) is 0 Å². The number of fused-ring (bicyclic) bond motifs is 3. The van der Waals surface area contributed by atoms with Crippen molar-refractivity contribution < 1.29 is 0 Å². The molecular formula is C16H11BrN2S. The van der Waals surface area contributed by atoms with Gasteiger partial charge in [-0.2, -0.15) is 0 Å². The van der Waals surface area contributed by atoms with Gasteiger partial charge in [0.2, 0.25) is 0 Å². The van der Waals surface area contributed by atoms with Crippen molar-refractivity contribution in [2.24, 2.45) is 0 Å². The monoisotopic (exact) mass is 342 g/mol. The molecule has 1 aromatic carbocycles. The summed E-state index contributed by atoms with van der Waals surface area (Å²) in [4.78, 5) is 5.87. The predicted molar refractivity (Wildman–Crippen MR) is 88.4 cm³/mol. The summed E-state index contributed by atoms with van der Waals surface area (Å²) in [6, 6.07) is 15.0. The van der Waals surface area contributed by atoms with E-state index < -0.39 is 0 Å². The maximum absolute atomic E-state index is 4.69. The number of hydrogen-bond acceptors (Lipinski definition) is 2. The molecule has 98 valence electrons. The van der Waals surface area contributed by atoms with Gasteiger partial charge in [0.05, 0.1) is 15.9 Å². The maximum atomic E-state index is 4.69. The standard InChI is InChI=1S/C16H11BrN2S/c1-10-4-6-12-11(9-10)5-7-13-15(17)18-16(19(12)13)14-3-2-8-20-14/h2-9H,1H3. The van der Waals surface area contributed by atoms with Crippen LogP contribution in [-0.4, -0.2) is 9.38 Å². The minimum absolute atomic E-state index is 0.892. The van der Waals surface area contributed by atoms with Crippen LogP contribution >= 0.6 is 27.3 Å². The molecule has 0 N–H and O–H groups in total. The molecule has 0 unspecified atom stereocenters. The molecule has 4 rings (SSSR count). The number of halogens is 1. The summed E-state index contributed by atoms with van der Waals surface area (Å²) in [5.74, 6) is 0.997. The van der Waals surface area contributed by atoms with E-state index in [1.807, 2.05) is 0 Å². The van der Waals surface area contributed by atoms with Crippen molar-refractivity contribution >= 4 is 43.7 Å². The lowest BCUT2D eigenvalue weighted by atomic mass is 10.1. The Morgan fingerprint density at radius 3 is 2.75 bits per heavy atom. The van der Waals surface area contributed by atoms with Crippen molar-refractivity contribution in [2.75, 3.05) is 0 Å². The third-order valence-corrected chi connectivity index (χ3v) is 4.90. The summed E-state index contributed by atoms with van der Waals surface area (Å²) in [5, 5.41) is 3.32. The zero-order valence-electron chi connectivity index (χ0n) is 10.8. The minimum atomic E-state index is 0.892. The molecule has 4 heteroatoms. The fraction of sp³-hybridized carbons (Fsp3) is 0.0625. The molecule has 0 aliphatic carbocycles.